The van der Waals surface area contributed by atoms with Gasteiger partial charge in [0.1, 0.15) is 5.78 Å². The molecule has 0 aromatic carbocycles. The molecule has 72 valence electrons. The molecule has 0 radical (unpaired) electrons. The van der Waals surface area contributed by atoms with E-state index in [1.807, 2.05) is 0 Å². The van der Waals surface area contributed by atoms with Crippen molar-refractivity contribution >= 4 is 5.78 Å². The van der Waals surface area contributed by atoms with E-state index in [1.165, 1.54) is 18.4 Å². The molecule has 0 aromatic rings. The average molecular weight is 178 g/mol. The molecule has 2 aliphatic rings. The Bertz CT molecular complexity index is 242. The summed E-state index contributed by atoms with van der Waals surface area (Å²) in [5, 5.41) is 0. The van der Waals surface area contributed by atoms with Crippen molar-refractivity contribution in [2.45, 2.75) is 51.4 Å². The summed E-state index contributed by atoms with van der Waals surface area (Å²) in [4.78, 5) is 11.9. The lowest BCUT2D eigenvalue weighted by molar-refractivity contribution is -0.128. The molecule has 0 aliphatic heterocycles. The second kappa shape index (κ2) is 3.28. The van der Waals surface area contributed by atoms with Gasteiger partial charge in [-0.15, -0.1) is 0 Å². The van der Waals surface area contributed by atoms with E-state index in [4.69, 9.17) is 0 Å². The van der Waals surface area contributed by atoms with E-state index >= 15 is 0 Å². The second-order valence-corrected chi connectivity index (χ2v) is 4.69. The Morgan fingerprint density at radius 1 is 1.08 bits per heavy atom. The molecule has 0 amide bonds. The molecule has 1 spiro atoms. The van der Waals surface area contributed by atoms with Gasteiger partial charge in [0.15, 0.2) is 0 Å². The number of carbonyl (C=O) groups is 1. The Morgan fingerprint density at radius 2 is 1.92 bits per heavy atom. The van der Waals surface area contributed by atoms with Crippen LogP contribution in [0.25, 0.3) is 0 Å². The summed E-state index contributed by atoms with van der Waals surface area (Å²) in [5.74, 6) is 0.531. The zero-order valence-corrected chi connectivity index (χ0v) is 8.27. The quantitative estimate of drug-likeness (QED) is 0.520. The molecule has 0 heterocycles. The monoisotopic (exact) mass is 178 g/mol. The van der Waals surface area contributed by atoms with Crippen molar-refractivity contribution in [3.8, 4) is 0 Å². The molecular formula is C12H18O. The molecule has 2 fully saturated rings. The molecule has 1 unspecified atom stereocenters. The van der Waals surface area contributed by atoms with Gasteiger partial charge < -0.3 is 0 Å². The Hall–Kier alpha value is -0.590. The van der Waals surface area contributed by atoms with Crippen LogP contribution in [0.5, 0.6) is 0 Å². The molecule has 1 heteroatoms. The highest BCUT2D eigenvalue weighted by molar-refractivity contribution is 5.85. The van der Waals surface area contributed by atoms with E-state index in [0.29, 0.717) is 5.78 Å². The fraction of sp³-hybridized carbons (Fsp3) is 0.750. The summed E-state index contributed by atoms with van der Waals surface area (Å²) >= 11 is 0. The van der Waals surface area contributed by atoms with Crippen LogP contribution < -0.4 is 0 Å². The standard InChI is InChI=1S/C12H18O/c1-10-6-8-12(9-10)7-4-2-3-5-11(12)13/h1-9H2. The van der Waals surface area contributed by atoms with Gasteiger partial charge in [0.25, 0.3) is 0 Å². The highest BCUT2D eigenvalue weighted by Gasteiger charge is 2.41. The minimum atomic E-state index is 0.0492. The van der Waals surface area contributed by atoms with Gasteiger partial charge in [0.05, 0.1) is 0 Å². The van der Waals surface area contributed by atoms with Crippen molar-refractivity contribution < 1.29 is 4.79 Å². The van der Waals surface area contributed by atoms with E-state index in [0.717, 1.165) is 38.5 Å². The number of hydrogen-bond acceptors (Lipinski definition) is 1. The minimum Gasteiger partial charge on any atom is -0.299 e. The van der Waals surface area contributed by atoms with Gasteiger partial charge in [-0.25, -0.2) is 0 Å². The first-order valence-corrected chi connectivity index (χ1v) is 5.43. The number of hydrogen-bond donors (Lipinski definition) is 0. The number of Topliss-reactive ketones (excluding diaryl/α,β-unsaturated/α-hetero) is 1. The van der Waals surface area contributed by atoms with Crippen molar-refractivity contribution in [2.75, 3.05) is 0 Å². The second-order valence-electron chi connectivity index (χ2n) is 4.69. The van der Waals surface area contributed by atoms with E-state index in [-0.39, 0.29) is 5.41 Å². The lowest BCUT2D eigenvalue weighted by Gasteiger charge is -2.24. The Balaban J connectivity index is 2.18. The molecule has 0 N–H and O–H groups in total. The third-order valence-electron chi connectivity index (χ3n) is 3.70. The van der Waals surface area contributed by atoms with Crippen LogP contribution in [-0.2, 0) is 4.79 Å². The maximum absolute atomic E-state index is 11.9. The lowest BCUT2D eigenvalue weighted by Crippen LogP contribution is -2.26. The zero-order chi connectivity index (χ0) is 9.31. The smallest absolute Gasteiger partial charge is 0.139 e. The highest BCUT2D eigenvalue weighted by atomic mass is 16.1. The van der Waals surface area contributed by atoms with E-state index in [2.05, 4.69) is 6.58 Å². The minimum absolute atomic E-state index is 0.0492. The number of allylic oxidation sites excluding steroid dienone is 1. The van der Waals surface area contributed by atoms with Crippen LogP contribution in [0.15, 0.2) is 12.2 Å². The fourth-order valence-corrected chi connectivity index (χ4v) is 2.85. The summed E-state index contributed by atoms with van der Waals surface area (Å²) in [7, 11) is 0. The Morgan fingerprint density at radius 3 is 2.62 bits per heavy atom. The summed E-state index contributed by atoms with van der Waals surface area (Å²) in [5.41, 5.74) is 1.35. The van der Waals surface area contributed by atoms with Gasteiger partial charge in [0.2, 0.25) is 0 Å². The predicted octanol–water partition coefficient (Wildman–Crippen LogP) is 3.25. The van der Waals surface area contributed by atoms with Crippen molar-refractivity contribution in [1.29, 1.82) is 0 Å². The van der Waals surface area contributed by atoms with Crippen LogP contribution in [0, 0.1) is 5.41 Å². The normalized spacial score (nSPS) is 35.4. The molecule has 1 nitrogen and oxygen atoms in total. The SMILES string of the molecule is C=C1CCC2(CCCCCC2=O)C1. The number of carbonyl (C=O) groups excluding carboxylic acids is 1. The number of ketones is 1. The van der Waals surface area contributed by atoms with E-state index < -0.39 is 0 Å². The fourth-order valence-electron chi connectivity index (χ4n) is 2.85. The van der Waals surface area contributed by atoms with Crippen molar-refractivity contribution in [2.24, 2.45) is 5.41 Å². The first kappa shape index (κ1) is 8.98. The van der Waals surface area contributed by atoms with Crippen molar-refractivity contribution in [3.63, 3.8) is 0 Å². The largest absolute Gasteiger partial charge is 0.299 e. The molecule has 0 saturated heterocycles. The highest BCUT2D eigenvalue weighted by Crippen LogP contribution is 2.47. The Labute approximate surface area is 80.2 Å². The van der Waals surface area contributed by atoms with Crippen LogP contribution in [0.2, 0.25) is 0 Å². The molecule has 0 bridgehead atoms. The summed E-state index contributed by atoms with van der Waals surface area (Å²) < 4.78 is 0. The van der Waals surface area contributed by atoms with Crippen LogP contribution in [0.4, 0.5) is 0 Å². The first-order chi connectivity index (χ1) is 6.23. The maximum atomic E-state index is 11.9. The van der Waals surface area contributed by atoms with Crippen LogP contribution >= 0.6 is 0 Å². The van der Waals surface area contributed by atoms with Gasteiger partial charge in [0, 0.05) is 11.8 Å². The third-order valence-corrected chi connectivity index (χ3v) is 3.70. The van der Waals surface area contributed by atoms with Crippen LogP contribution in [0.3, 0.4) is 0 Å². The molecule has 2 rings (SSSR count). The van der Waals surface area contributed by atoms with Gasteiger partial charge in [-0.1, -0.05) is 25.0 Å². The summed E-state index contributed by atoms with van der Waals surface area (Å²) in [6, 6.07) is 0. The predicted molar refractivity (Wildman–Crippen MR) is 53.5 cm³/mol. The molecular weight excluding hydrogens is 160 g/mol. The van der Waals surface area contributed by atoms with Crippen molar-refractivity contribution in [1.82, 2.24) is 0 Å². The molecule has 1 atom stereocenters. The molecule has 2 saturated carbocycles. The lowest BCUT2D eigenvalue weighted by atomic mass is 9.78. The molecule has 0 aromatic heterocycles. The van der Waals surface area contributed by atoms with Crippen LogP contribution in [0.1, 0.15) is 51.4 Å². The van der Waals surface area contributed by atoms with Gasteiger partial charge in [-0.05, 0) is 32.1 Å². The van der Waals surface area contributed by atoms with Gasteiger partial charge in [-0.3, -0.25) is 4.79 Å². The van der Waals surface area contributed by atoms with Gasteiger partial charge in [-0.2, -0.15) is 0 Å². The summed E-state index contributed by atoms with van der Waals surface area (Å²) in [6.07, 6.45) is 8.74. The topological polar surface area (TPSA) is 17.1 Å². The van der Waals surface area contributed by atoms with Crippen molar-refractivity contribution in [3.05, 3.63) is 12.2 Å². The van der Waals surface area contributed by atoms with Crippen LogP contribution in [-0.4, -0.2) is 5.78 Å². The molecule has 2 aliphatic carbocycles. The molecule has 13 heavy (non-hydrogen) atoms. The number of rotatable bonds is 0. The zero-order valence-electron chi connectivity index (χ0n) is 8.27. The van der Waals surface area contributed by atoms with E-state index in [9.17, 15) is 4.79 Å². The average Bonchev–Trinajstić information content (AvgIpc) is 2.38. The van der Waals surface area contributed by atoms with E-state index in [1.54, 1.807) is 0 Å². The summed E-state index contributed by atoms with van der Waals surface area (Å²) in [6.45, 7) is 4.02. The maximum Gasteiger partial charge on any atom is 0.139 e. The first-order valence-electron chi connectivity index (χ1n) is 5.43. The third kappa shape index (κ3) is 1.56. The Kier molecular flexibility index (Phi) is 2.27. The van der Waals surface area contributed by atoms with Gasteiger partial charge >= 0.3 is 0 Å².